The van der Waals surface area contributed by atoms with Gasteiger partial charge in [0.25, 0.3) is 6.43 Å². The van der Waals surface area contributed by atoms with Crippen LogP contribution in [0.5, 0.6) is 5.75 Å². The molecule has 4 aromatic carbocycles. The quantitative estimate of drug-likeness (QED) is 0.0239. The number of carbonyl (C=O) groups excluding carboxylic acids is 4. The van der Waals surface area contributed by atoms with Crippen LogP contribution in [0.3, 0.4) is 0 Å². The molecular formula is C60H79F2N4O7-. The molecule has 0 saturated carbocycles. The lowest BCUT2D eigenvalue weighted by atomic mass is 9.83. The van der Waals surface area contributed by atoms with E-state index in [2.05, 4.69) is 64.9 Å². The molecule has 0 aliphatic carbocycles. The normalized spacial score (nSPS) is 12.8. The highest BCUT2D eigenvalue weighted by atomic mass is 19.3. The number of esters is 3. The largest absolute Gasteiger partial charge is 1.00 e. The second kappa shape index (κ2) is 29.6. The first-order valence-electron chi connectivity index (χ1n) is 24.4. The van der Waals surface area contributed by atoms with Gasteiger partial charge in [0.05, 0.1) is 49.5 Å². The van der Waals surface area contributed by atoms with E-state index >= 15 is 0 Å². The van der Waals surface area contributed by atoms with Gasteiger partial charge >= 0.3 is 23.6 Å². The third-order valence-corrected chi connectivity index (χ3v) is 12.0. The van der Waals surface area contributed by atoms with E-state index in [4.69, 9.17) is 11.3 Å². The third-order valence-electron chi connectivity index (χ3n) is 12.0. The monoisotopic (exact) mass is 1010 g/mol. The molecular weight excluding hydrogens is 927 g/mol. The van der Waals surface area contributed by atoms with E-state index in [1.807, 2.05) is 85.7 Å². The van der Waals surface area contributed by atoms with Gasteiger partial charge in [-0.3, -0.25) is 19.2 Å². The summed E-state index contributed by atoms with van der Waals surface area (Å²) in [6, 6.07) is 28.7. The summed E-state index contributed by atoms with van der Waals surface area (Å²) in [5.41, 5.74) is 4.19. The maximum Gasteiger partial charge on any atom is 0.338 e. The second-order valence-corrected chi connectivity index (χ2v) is 20.6. The Morgan fingerprint density at radius 2 is 1.22 bits per heavy atom. The third kappa shape index (κ3) is 21.4. The van der Waals surface area contributed by atoms with Gasteiger partial charge in [-0.15, -0.1) is 5.11 Å². The van der Waals surface area contributed by atoms with Gasteiger partial charge in [-0.1, -0.05) is 115 Å². The van der Waals surface area contributed by atoms with Gasteiger partial charge in [0.15, 0.2) is 5.78 Å². The molecule has 2 unspecified atom stereocenters. The number of alkyl halides is 2. The summed E-state index contributed by atoms with van der Waals surface area (Å²) in [5, 5.41) is 17.6. The number of ether oxygens (including phenoxy) is 3. The van der Waals surface area contributed by atoms with E-state index in [1.54, 1.807) is 62.4 Å². The first kappa shape index (κ1) is 64.2. The topological polar surface area (TPSA) is 149 Å². The summed E-state index contributed by atoms with van der Waals surface area (Å²) in [4.78, 5) is 49.9. The molecule has 2 atom stereocenters. The number of nitrogens with zero attached hydrogens (tertiary/aromatic N) is 4. The zero-order valence-electron chi connectivity index (χ0n) is 47.0. The lowest BCUT2D eigenvalue weighted by Gasteiger charge is -2.21. The van der Waals surface area contributed by atoms with Crippen LogP contribution in [0, 0.1) is 52.9 Å². The molecule has 0 spiro atoms. The maximum absolute atomic E-state index is 13.0. The van der Waals surface area contributed by atoms with Crippen LogP contribution < -0.4 is 4.74 Å². The van der Waals surface area contributed by atoms with Crippen molar-refractivity contribution < 1.29 is 43.6 Å². The fourth-order valence-electron chi connectivity index (χ4n) is 6.89. The molecule has 13 heteroatoms. The maximum atomic E-state index is 13.0. The Balaban J connectivity index is 0.00000123. The minimum Gasteiger partial charge on any atom is -1.00 e. The summed E-state index contributed by atoms with van der Waals surface area (Å²) in [5.74, 6) is 0.348. The number of methoxy groups -OCH3 is 2. The van der Waals surface area contributed by atoms with Crippen molar-refractivity contribution in [3.8, 4) is 34.1 Å². The van der Waals surface area contributed by atoms with Crippen molar-refractivity contribution in [3.05, 3.63) is 137 Å². The fraction of sp³-hybridized carbons (Fsp3) is 0.467. The first-order chi connectivity index (χ1) is 34.0. The van der Waals surface area contributed by atoms with Gasteiger partial charge in [0.1, 0.15) is 5.75 Å². The lowest BCUT2D eigenvalue weighted by Crippen LogP contribution is -2.28. The zero-order valence-corrected chi connectivity index (χ0v) is 46.0. The lowest BCUT2D eigenvalue weighted by molar-refractivity contribution is -0.151. The Labute approximate surface area is 435 Å². The minimum atomic E-state index is -2.48. The Morgan fingerprint density at radius 1 is 0.740 bits per heavy atom. The standard InChI is InChI=1S/C33H30F2O3.C15H26N4.C7H14O2.C5H8O2.H/c1-5-33(3,4)32(37)38-28-17-14-25(15-18-28)30(36)24-10-6-22(7-11-24)27-16-19-29(21(2)20-27)23-8-12-26(13-9-23)31(34)35;1-12(2)8-14(5,10-16)11-18-19-15(6,17-7)9-13(3)4;1-5-7(2,3)6(8)9-4;1-4(2)5(6)7-3;/h6-20,31H,5H2,1-4H3;12-13H,8-9,11H2,1-6H3;5H2,1-4H3;1H2,2-3H3;/q;;;;-1/i;;;;1+1. The molecule has 0 aliphatic rings. The van der Waals surface area contributed by atoms with E-state index in [0.717, 1.165) is 40.7 Å². The highest BCUT2D eigenvalue weighted by Gasteiger charge is 2.32. The van der Waals surface area contributed by atoms with Gasteiger partial charge in [-0.05, 0) is 132 Å². The Morgan fingerprint density at radius 3 is 1.60 bits per heavy atom. The van der Waals surface area contributed by atoms with Crippen molar-refractivity contribution in [2.24, 2.45) is 38.3 Å². The van der Waals surface area contributed by atoms with Gasteiger partial charge in [-0.25, -0.2) is 20.1 Å². The molecule has 0 saturated heterocycles. The number of azo groups is 1. The van der Waals surface area contributed by atoms with Crippen molar-refractivity contribution in [2.75, 3.05) is 20.8 Å². The molecule has 0 radical (unpaired) electrons. The summed E-state index contributed by atoms with van der Waals surface area (Å²) in [7, 11) is 2.75. The van der Waals surface area contributed by atoms with E-state index in [9.17, 15) is 33.2 Å². The summed E-state index contributed by atoms with van der Waals surface area (Å²) >= 11 is 0. The predicted octanol–water partition coefficient (Wildman–Crippen LogP) is 16.0. The number of carbonyl (C=O) groups is 4. The van der Waals surface area contributed by atoms with Crippen LogP contribution in [0.4, 0.5) is 8.78 Å². The average Bonchev–Trinajstić information content (AvgIpc) is 3.35. The van der Waals surface area contributed by atoms with Crippen molar-refractivity contribution in [2.45, 2.75) is 135 Å². The van der Waals surface area contributed by atoms with Crippen LogP contribution in [-0.2, 0) is 23.9 Å². The van der Waals surface area contributed by atoms with Crippen LogP contribution in [0.1, 0.15) is 151 Å². The van der Waals surface area contributed by atoms with E-state index < -0.39 is 22.9 Å². The fourth-order valence-corrected chi connectivity index (χ4v) is 6.89. The molecule has 0 bridgehead atoms. The first-order valence-corrected chi connectivity index (χ1v) is 24.4. The Hall–Kier alpha value is -6.86. The average molecular weight is 1010 g/mol. The molecule has 4 aromatic rings. The van der Waals surface area contributed by atoms with Crippen molar-refractivity contribution in [1.29, 1.82) is 5.26 Å². The van der Waals surface area contributed by atoms with Gasteiger partial charge < -0.3 is 15.6 Å². The zero-order chi connectivity index (χ0) is 55.9. The van der Waals surface area contributed by atoms with Crippen LogP contribution in [0.2, 0.25) is 0 Å². The summed E-state index contributed by atoms with van der Waals surface area (Å²) in [6.45, 7) is 37.9. The molecule has 0 aromatic heterocycles. The number of nitriles is 1. The van der Waals surface area contributed by atoms with E-state index in [1.165, 1.54) is 26.4 Å². The van der Waals surface area contributed by atoms with Crippen LogP contribution >= 0.6 is 0 Å². The van der Waals surface area contributed by atoms with Crippen LogP contribution in [0.15, 0.2) is 113 Å². The summed E-state index contributed by atoms with van der Waals surface area (Å²) < 4.78 is 40.0. The van der Waals surface area contributed by atoms with E-state index in [0.29, 0.717) is 53.7 Å². The highest BCUT2D eigenvalue weighted by molar-refractivity contribution is 6.09. The number of rotatable bonds is 18. The molecule has 11 nitrogen and oxygen atoms in total. The number of hydrogen-bond donors (Lipinski definition) is 0. The molecule has 0 N–H and O–H groups in total. The van der Waals surface area contributed by atoms with Gasteiger partial charge in [-0.2, -0.15) is 10.4 Å². The van der Waals surface area contributed by atoms with Crippen molar-refractivity contribution in [3.63, 3.8) is 0 Å². The Kier molecular flexibility index (Phi) is 26.0. The molecule has 73 heavy (non-hydrogen) atoms. The highest BCUT2D eigenvalue weighted by Crippen LogP contribution is 2.32. The smallest absolute Gasteiger partial charge is 0.338 e. The summed E-state index contributed by atoms with van der Waals surface area (Å²) in [6.07, 6.45) is 0.484. The van der Waals surface area contributed by atoms with Gasteiger partial charge in [0.2, 0.25) is 0 Å². The second-order valence-electron chi connectivity index (χ2n) is 20.6. The number of aryl methyl sites for hydroxylation is 1. The SMILES string of the molecule is C=C(C)C(=O)OC.CCC(C)(C)C(=O)OC.CCC(C)(C)C(=O)Oc1ccc(C(=O)c2ccc(-c3ccc(-c4ccc(C(F)F)cc4)c(C)c3)cc2)cc1.[2H-].[C-]#[N+]C(C)(CC(C)C)N=NCC(C)(C#N)CC(C)C. The molecule has 0 fully saturated rings. The molecule has 0 heterocycles. The van der Waals surface area contributed by atoms with E-state index in [-0.39, 0.29) is 36.1 Å². The Bertz CT molecular complexity index is 2560. The van der Waals surface area contributed by atoms with Crippen molar-refractivity contribution >= 4 is 23.7 Å². The molecule has 4 rings (SSSR count). The predicted molar refractivity (Wildman–Crippen MR) is 288 cm³/mol. The molecule has 396 valence electrons. The number of halogens is 2. The minimum absolute atomic E-state index is 0. The number of benzene rings is 4. The number of hydrogen-bond acceptors (Lipinski definition) is 10. The van der Waals surface area contributed by atoms with Gasteiger partial charge in [0, 0.05) is 29.2 Å². The number of ketones is 1. The van der Waals surface area contributed by atoms with Crippen LogP contribution in [0.25, 0.3) is 27.1 Å². The molecule has 0 amide bonds. The van der Waals surface area contributed by atoms with Crippen LogP contribution in [-0.4, -0.2) is 50.1 Å². The van der Waals surface area contributed by atoms with Crippen molar-refractivity contribution in [1.82, 2.24) is 0 Å². The molecule has 0 aliphatic heterocycles.